The van der Waals surface area contributed by atoms with Crippen LogP contribution in [0.1, 0.15) is 55.7 Å². The van der Waals surface area contributed by atoms with Gasteiger partial charge in [-0.25, -0.2) is 0 Å². The van der Waals surface area contributed by atoms with Crippen molar-refractivity contribution in [2.24, 2.45) is 11.8 Å². The lowest BCUT2D eigenvalue weighted by Gasteiger charge is -2.41. The summed E-state index contributed by atoms with van der Waals surface area (Å²) in [6, 6.07) is 12.2. The summed E-state index contributed by atoms with van der Waals surface area (Å²) in [5, 5.41) is 2.92. The van der Waals surface area contributed by atoms with Crippen molar-refractivity contribution in [3.63, 3.8) is 0 Å². The van der Waals surface area contributed by atoms with Crippen molar-refractivity contribution in [2.75, 3.05) is 0 Å². The van der Waals surface area contributed by atoms with Crippen molar-refractivity contribution in [2.45, 2.75) is 57.3 Å². The second kappa shape index (κ2) is 4.97. The summed E-state index contributed by atoms with van der Waals surface area (Å²) in [5.74, 6) is 1.66. The summed E-state index contributed by atoms with van der Waals surface area (Å²) < 4.78 is 0. The van der Waals surface area contributed by atoms with Gasteiger partial charge in [0.15, 0.2) is 0 Å². The van der Waals surface area contributed by atoms with Gasteiger partial charge in [-0.15, -0.1) is 0 Å². The van der Waals surface area contributed by atoms with Gasteiger partial charge in [0.05, 0.1) is 0 Å². The smallest absolute Gasteiger partial charge is 0.00246 e. The molecule has 3 aliphatic carbocycles. The Morgan fingerprint density at radius 1 is 1.09 bits per heavy atom. The van der Waals surface area contributed by atoms with Crippen LogP contribution in [0.2, 0.25) is 0 Å². The monoisotopic (exact) mass is 302 g/mol. The third-order valence-electron chi connectivity index (χ3n) is 6.78. The normalized spacial score (nSPS) is 31.2. The molecule has 0 heterocycles. The molecule has 1 fully saturated rings. The first-order valence-corrected chi connectivity index (χ1v) is 9.53. The molecule has 0 aliphatic heterocycles. The molecule has 23 heavy (non-hydrogen) atoms. The van der Waals surface area contributed by atoms with E-state index in [1.54, 1.807) is 11.1 Å². The highest BCUT2D eigenvalue weighted by atomic mass is 14.5. The van der Waals surface area contributed by atoms with Crippen LogP contribution in [0.15, 0.2) is 42.5 Å². The summed E-state index contributed by atoms with van der Waals surface area (Å²) in [4.78, 5) is 0. The second-order valence-electron chi connectivity index (χ2n) is 8.14. The largest absolute Gasteiger partial charge is 0.0851 e. The molecule has 3 atom stereocenters. The highest BCUT2D eigenvalue weighted by Gasteiger charge is 2.50. The lowest BCUT2D eigenvalue weighted by atomic mass is 9.63. The molecular formula is C23H26. The summed E-state index contributed by atoms with van der Waals surface area (Å²) in [6.45, 7) is 2.27. The van der Waals surface area contributed by atoms with Gasteiger partial charge in [-0.3, -0.25) is 0 Å². The Hall–Kier alpha value is -1.56. The van der Waals surface area contributed by atoms with Crippen LogP contribution in [0, 0.1) is 11.8 Å². The van der Waals surface area contributed by atoms with Gasteiger partial charge < -0.3 is 0 Å². The lowest BCUT2D eigenvalue weighted by Crippen LogP contribution is -2.35. The average molecular weight is 302 g/mol. The molecule has 3 aliphatic rings. The molecule has 2 aromatic rings. The average Bonchev–Trinajstić information content (AvgIpc) is 3.15. The van der Waals surface area contributed by atoms with E-state index in [9.17, 15) is 0 Å². The van der Waals surface area contributed by atoms with E-state index in [4.69, 9.17) is 0 Å². The summed E-state index contributed by atoms with van der Waals surface area (Å²) in [7, 11) is 0. The molecule has 0 saturated heterocycles. The van der Waals surface area contributed by atoms with E-state index in [2.05, 4.69) is 49.4 Å². The van der Waals surface area contributed by atoms with Crippen LogP contribution in [0.4, 0.5) is 0 Å². The molecule has 1 saturated carbocycles. The molecule has 0 heteroatoms. The Balaban J connectivity index is 1.66. The van der Waals surface area contributed by atoms with Gasteiger partial charge in [-0.1, -0.05) is 55.8 Å². The van der Waals surface area contributed by atoms with Crippen molar-refractivity contribution in [3.05, 3.63) is 59.2 Å². The molecule has 0 radical (unpaired) electrons. The van der Waals surface area contributed by atoms with Crippen molar-refractivity contribution in [1.29, 1.82) is 0 Å². The SMILES string of the molecule is CCCc1ccc2cc3c(cc2c1)CCCC31CC2C=CC1C2. The van der Waals surface area contributed by atoms with Gasteiger partial charge in [-0.2, -0.15) is 0 Å². The van der Waals surface area contributed by atoms with E-state index in [-0.39, 0.29) is 0 Å². The Bertz CT molecular complexity index is 797. The van der Waals surface area contributed by atoms with Crippen LogP contribution in [-0.4, -0.2) is 0 Å². The van der Waals surface area contributed by atoms with Crippen molar-refractivity contribution in [3.8, 4) is 0 Å². The fourth-order valence-corrected chi connectivity index (χ4v) is 5.79. The van der Waals surface area contributed by atoms with Crippen molar-refractivity contribution < 1.29 is 0 Å². The molecule has 0 amide bonds. The molecule has 5 rings (SSSR count). The van der Waals surface area contributed by atoms with E-state index in [0.717, 1.165) is 11.8 Å². The van der Waals surface area contributed by atoms with E-state index >= 15 is 0 Å². The van der Waals surface area contributed by atoms with Gasteiger partial charge in [0.2, 0.25) is 0 Å². The van der Waals surface area contributed by atoms with Gasteiger partial charge in [0.25, 0.3) is 0 Å². The minimum absolute atomic E-state index is 0.475. The van der Waals surface area contributed by atoms with E-state index in [0.29, 0.717) is 5.41 Å². The first-order valence-electron chi connectivity index (χ1n) is 9.53. The van der Waals surface area contributed by atoms with Crippen LogP contribution in [-0.2, 0) is 18.3 Å². The summed E-state index contributed by atoms with van der Waals surface area (Å²) in [6.07, 6.45) is 14.3. The molecule has 2 aromatic carbocycles. The molecular weight excluding hydrogens is 276 g/mol. The van der Waals surface area contributed by atoms with Crippen LogP contribution in [0.3, 0.4) is 0 Å². The van der Waals surface area contributed by atoms with Crippen LogP contribution in [0.25, 0.3) is 10.8 Å². The first kappa shape index (κ1) is 13.8. The zero-order valence-electron chi connectivity index (χ0n) is 14.1. The van der Waals surface area contributed by atoms with E-state index in [1.165, 1.54) is 61.3 Å². The van der Waals surface area contributed by atoms with Gasteiger partial charge in [-0.05, 0) is 77.8 Å². The minimum Gasteiger partial charge on any atom is -0.0851 e. The predicted molar refractivity (Wildman–Crippen MR) is 97.9 cm³/mol. The number of benzene rings is 2. The lowest BCUT2D eigenvalue weighted by molar-refractivity contribution is 0.304. The van der Waals surface area contributed by atoms with Crippen LogP contribution >= 0.6 is 0 Å². The van der Waals surface area contributed by atoms with E-state index in [1.807, 2.05) is 0 Å². The number of fused-ring (bicyclic) bond motifs is 6. The van der Waals surface area contributed by atoms with Gasteiger partial charge in [0, 0.05) is 5.41 Å². The molecule has 3 unspecified atom stereocenters. The fraction of sp³-hybridized carbons (Fsp3) is 0.478. The van der Waals surface area contributed by atoms with Crippen molar-refractivity contribution >= 4 is 10.8 Å². The summed E-state index contributed by atoms with van der Waals surface area (Å²) in [5.41, 5.74) is 5.33. The molecule has 2 bridgehead atoms. The van der Waals surface area contributed by atoms with E-state index < -0.39 is 0 Å². The number of hydrogen-bond acceptors (Lipinski definition) is 0. The molecule has 1 spiro atoms. The quantitative estimate of drug-likeness (QED) is 0.600. The zero-order valence-corrected chi connectivity index (χ0v) is 14.1. The second-order valence-corrected chi connectivity index (χ2v) is 8.14. The first-order chi connectivity index (χ1) is 11.3. The highest BCUT2D eigenvalue weighted by Crippen LogP contribution is 2.58. The summed E-state index contributed by atoms with van der Waals surface area (Å²) >= 11 is 0. The maximum atomic E-state index is 2.56. The maximum Gasteiger partial charge on any atom is 0.00246 e. The number of hydrogen-bond donors (Lipinski definition) is 0. The number of allylic oxidation sites excluding steroid dienone is 2. The van der Waals surface area contributed by atoms with Gasteiger partial charge in [0.1, 0.15) is 0 Å². The third kappa shape index (κ3) is 1.97. The standard InChI is InChI=1S/C23H26/c1-2-4-16-6-8-18-14-22-19(13-20(18)11-16)5-3-10-23(22)15-17-7-9-21(23)12-17/h6-9,11,13-14,17,21H,2-5,10,12,15H2,1H3. The molecule has 118 valence electrons. The maximum absolute atomic E-state index is 2.56. The topological polar surface area (TPSA) is 0 Å². The van der Waals surface area contributed by atoms with Crippen LogP contribution < -0.4 is 0 Å². The Labute approximate surface area is 139 Å². The highest BCUT2D eigenvalue weighted by molar-refractivity contribution is 5.85. The molecule has 0 N–H and O–H groups in total. The Kier molecular flexibility index (Phi) is 2.99. The minimum atomic E-state index is 0.475. The molecule has 0 aromatic heterocycles. The van der Waals surface area contributed by atoms with Crippen LogP contribution in [0.5, 0.6) is 0 Å². The number of aryl methyl sites for hydroxylation is 2. The van der Waals surface area contributed by atoms with Crippen molar-refractivity contribution in [1.82, 2.24) is 0 Å². The molecule has 0 nitrogen and oxygen atoms in total. The predicted octanol–water partition coefficient (Wildman–Crippen LogP) is 5.96. The zero-order chi connectivity index (χ0) is 15.4. The fourth-order valence-electron chi connectivity index (χ4n) is 5.79. The van der Waals surface area contributed by atoms with Gasteiger partial charge >= 0.3 is 0 Å². The Morgan fingerprint density at radius 2 is 2.04 bits per heavy atom. The number of rotatable bonds is 2. The Morgan fingerprint density at radius 3 is 2.83 bits per heavy atom. The third-order valence-corrected chi connectivity index (χ3v) is 6.78.